The summed E-state index contributed by atoms with van der Waals surface area (Å²) in [5.41, 5.74) is 0.989. The van der Waals surface area contributed by atoms with E-state index < -0.39 is 11.7 Å². The molecule has 3 rings (SSSR count). The number of halogens is 1. The summed E-state index contributed by atoms with van der Waals surface area (Å²) in [6, 6.07) is 12.5. The van der Waals surface area contributed by atoms with Crippen LogP contribution in [-0.2, 0) is 11.3 Å². The Kier molecular flexibility index (Phi) is 5.02. The molecule has 1 heterocycles. The molecule has 7 nitrogen and oxygen atoms in total. The summed E-state index contributed by atoms with van der Waals surface area (Å²) >= 11 is 0. The first-order valence-corrected chi connectivity index (χ1v) is 7.76. The minimum Gasteiger partial charge on any atom is -0.419 e. The number of carbonyl (C=O) groups excluding carboxylic acids is 2. The van der Waals surface area contributed by atoms with Crippen LogP contribution in [0, 0.1) is 5.82 Å². The van der Waals surface area contributed by atoms with Crippen LogP contribution in [0.5, 0.6) is 0 Å². The van der Waals surface area contributed by atoms with E-state index in [2.05, 4.69) is 20.8 Å². The van der Waals surface area contributed by atoms with E-state index in [1.54, 1.807) is 30.3 Å². The smallest absolute Gasteiger partial charge is 0.258 e. The van der Waals surface area contributed by atoms with Crippen LogP contribution in [0.15, 0.2) is 52.9 Å². The molecule has 0 saturated carbocycles. The quantitative estimate of drug-likeness (QED) is 0.734. The minimum atomic E-state index is -0.597. The van der Waals surface area contributed by atoms with Crippen molar-refractivity contribution in [3.8, 4) is 11.5 Å². The number of hydrogen-bond acceptors (Lipinski definition) is 5. The van der Waals surface area contributed by atoms with E-state index in [1.807, 2.05) is 0 Å². The van der Waals surface area contributed by atoms with Crippen molar-refractivity contribution in [1.29, 1.82) is 0 Å². The molecule has 0 aliphatic rings. The van der Waals surface area contributed by atoms with Gasteiger partial charge in [0.2, 0.25) is 17.7 Å². The van der Waals surface area contributed by atoms with Crippen LogP contribution in [0.2, 0.25) is 0 Å². The van der Waals surface area contributed by atoms with Gasteiger partial charge in [-0.15, -0.1) is 10.2 Å². The Morgan fingerprint density at radius 1 is 1.12 bits per heavy atom. The van der Waals surface area contributed by atoms with Crippen LogP contribution < -0.4 is 10.6 Å². The Hall–Kier alpha value is -3.55. The van der Waals surface area contributed by atoms with Gasteiger partial charge in [-0.2, -0.15) is 0 Å². The molecule has 2 amide bonds. The van der Waals surface area contributed by atoms with Crippen molar-refractivity contribution < 1.29 is 18.4 Å². The van der Waals surface area contributed by atoms with Gasteiger partial charge in [0.25, 0.3) is 5.91 Å². The van der Waals surface area contributed by atoms with Crippen LogP contribution in [0.1, 0.15) is 23.2 Å². The summed E-state index contributed by atoms with van der Waals surface area (Å²) in [6.07, 6.45) is 0. The summed E-state index contributed by atoms with van der Waals surface area (Å²) in [7, 11) is 0. The molecule has 0 bridgehead atoms. The van der Waals surface area contributed by atoms with Gasteiger partial charge in [0, 0.05) is 18.2 Å². The number of nitrogens with one attached hydrogen (secondary N) is 2. The third-order valence-corrected chi connectivity index (χ3v) is 3.44. The van der Waals surface area contributed by atoms with Crippen molar-refractivity contribution in [1.82, 2.24) is 15.5 Å². The third kappa shape index (κ3) is 4.10. The molecule has 8 heteroatoms. The molecule has 0 radical (unpaired) electrons. The van der Waals surface area contributed by atoms with Crippen LogP contribution in [-0.4, -0.2) is 22.0 Å². The number of rotatable bonds is 5. The summed E-state index contributed by atoms with van der Waals surface area (Å²) in [6.45, 7) is 1.52. The molecule has 2 N–H and O–H groups in total. The fourth-order valence-electron chi connectivity index (χ4n) is 2.22. The van der Waals surface area contributed by atoms with Crippen molar-refractivity contribution in [3.63, 3.8) is 0 Å². The number of benzene rings is 2. The third-order valence-electron chi connectivity index (χ3n) is 3.44. The van der Waals surface area contributed by atoms with Gasteiger partial charge in [-0.05, 0) is 30.3 Å². The lowest BCUT2D eigenvalue weighted by Gasteiger charge is -2.07. The zero-order chi connectivity index (χ0) is 18.5. The van der Waals surface area contributed by atoms with Crippen LogP contribution >= 0.6 is 0 Å². The lowest BCUT2D eigenvalue weighted by atomic mass is 10.1. The van der Waals surface area contributed by atoms with E-state index in [9.17, 15) is 14.0 Å². The molecule has 132 valence electrons. The highest BCUT2D eigenvalue weighted by molar-refractivity contribution is 6.04. The van der Waals surface area contributed by atoms with E-state index in [0.29, 0.717) is 11.3 Å². The summed E-state index contributed by atoms with van der Waals surface area (Å²) < 4.78 is 19.2. The van der Waals surface area contributed by atoms with Gasteiger partial charge >= 0.3 is 0 Å². The molecule has 0 saturated heterocycles. The van der Waals surface area contributed by atoms with Gasteiger partial charge < -0.3 is 15.1 Å². The number of amides is 2. The number of anilines is 1. The highest BCUT2D eigenvalue weighted by Crippen LogP contribution is 2.22. The van der Waals surface area contributed by atoms with Gasteiger partial charge in [0.1, 0.15) is 5.82 Å². The molecule has 0 atom stereocenters. The Labute approximate surface area is 148 Å². The molecule has 0 aliphatic carbocycles. The average Bonchev–Trinajstić information content (AvgIpc) is 3.09. The second-order valence-corrected chi connectivity index (χ2v) is 5.43. The number of carbonyl (C=O) groups is 2. The van der Waals surface area contributed by atoms with E-state index in [4.69, 9.17) is 4.42 Å². The molecule has 0 fully saturated rings. The van der Waals surface area contributed by atoms with Gasteiger partial charge in [-0.25, -0.2) is 4.39 Å². The molecular formula is C18H15FN4O3. The minimum absolute atomic E-state index is 0.0479. The Balaban J connectivity index is 1.75. The maximum atomic E-state index is 13.7. The topological polar surface area (TPSA) is 97.1 Å². The molecular weight excluding hydrogens is 339 g/mol. The number of aromatic nitrogens is 2. The second-order valence-electron chi connectivity index (χ2n) is 5.43. The van der Waals surface area contributed by atoms with Crippen LogP contribution in [0.4, 0.5) is 10.1 Å². The monoisotopic (exact) mass is 354 g/mol. The SMILES string of the molecule is CC(=O)NCc1nnc(-c2cccc(NC(=O)c3ccccc3F)c2)o1. The first-order chi connectivity index (χ1) is 12.5. The summed E-state index contributed by atoms with van der Waals surface area (Å²) in [5, 5.41) is 13.0. The van der Waals surface area contributed by atoms with Crippen molar-refractivity contribution in [3.05, 3.63) is 65.8 Å². The van der Waals surface area contributed by atoms with E-state index in [0.717, 1.165) is 0 Å². The molecule has 2 aromatic carbocycles. The number of nitrogens with zero attached hydrogens (tertiary/aromatic N) is 2. The van der Waals surface area contributed by atoms with Crippen molar-refractivity contribution >= 4 is 17.5 Å². The first-order valence-electron chi connectivity index (χ1n) is 7.76. The molecule has 26 heavy (non-hydrogen) atoms. The largest absolute Gasteiger partial charge is 0.419 e. The van der Waals surface area contributed by atoms with E-state index in [-0.39, 0.29) is 29.8 Å². The van der Waals surface area contributed by atoms with E-state index >= 15 is 0 Å². The fraction of sp³-hybridized carbons (Fsp3) is 0.111. The Morgan fingerprint density at radius 2 is 1.92 bits per heavy atom. The Morgan fingerprint density at radius 3 is 2.69 bits per heavy atom. The maximum Gasteiger partial charge on any atom is 0.258 e. The Bertz CT molecular complexity index is 955. The van der Waals surface area contributed by atoms with Crippen molar-refractivity contribution in [2.24, 2.45) is 0 Å². The number of hydrogen-bond donors (Lipinski definition) is 2. The van der Waals surface area contributed by atoms with Gasteiger partial charge in [-0.3, -0.25) is 9.59 Å². The van der Waals surface area contributed by atoms with Crippen LogP contribution in [0.25, 0.3) is 11.5 Å². The molecule has 0 unspecified atom stereocenters. The highest BCUT2D eigenvalue weighted by Gasteiger charge is 2.13. The van der Waals surface area contributed by atoms with Crippen molar-refractivity contribution in [2.75, 3.05) is 5.32 Å². The molecule has 0 spiro atoms. The van der Waals surface area contributed by atoms with E-state index in [1.165, 1.54) is 25.1 Å². The van der Waals surface area contributed by atoms with Crippen LogP contribution in [0.3, 0.4) is 0 Å². The van der Waals surface area contributed by atoms with Gasteiger partial charge in [0.15, 0.2) is 0 Å². The maximum absolute atomic E-state index is 13.7. The summed E-state index contributed by atoms with van der Waals surface area (Å²) in [5.74, 6) is -0.858. The predicted molar refractivity (Wildman–Crippen MR) is 91.6 cm³/mol. The molecule has 1 aromatic heterocycles. The second kappa shape index (κ2) is 7.56. The lowest BCUT2D eigenvalue weighted by molar-refractivity contribution is -0.119. The first kappa shape index (κ1) is 17.3. The fourth-order valence-corrected chi connectivity index (χ4v) is 2.22. The zero-order valence-electron chi connectivity index (χ0n) is 13.8. The predicted octanol–water partition coefficient (Wildman–Crippen LogP) is 2.76. The zero-order valence-corrected chi connectivity index (χ0v) is 13.8. The molecule has 0 aliphatic heterocycles. The standard InChI is InChI=1S/C18H15FN4O3/c1-11(24)20-10-16-22-23-18(26-16)12-5-4-6-13(9-12)21-17(25)14-7-2-3-8-15(14)19/h2-9H,10H2,1H3,(H,20,24)(H,21,25). The molecule has 3 aromatic rings. The van der Waals surface area contributed by atoms with Gasteiger partial charge in [-0.1, -0.05) is 18.2 Å². The highest BCUT2D eigenvalue weighted by atomic mass is 19.1. The van der Waals surface area contributed by atoms with Gasteiger partial charge in [0.05, 0.1) is 12.1 Å². The lowest BCUT2D eigenvalue weighted by Crippen LogP contribution is -2.18. The van der Waals surface area contributed by atoms with Crippen molar-refractivity contribution in [2.45, 2.75) is 13.5 Å². The normalized spacial score (nSPS) is 10.4. The summed E-state index contributed by atoms with van der Waals surface area (Å²) in [4.78, 5) is 23.1. The average molecular weight is 354 g/mol.